The molecule has 0 saturated carbocycles. The van der Waals surface area contributed by atoms with Gasteiger partial charge >= 0.3 is 0 Å². The molecule has 1 aromatic heterocycles. The Bertz CT molecular complexity index is 663. The quantitative estimate of drug-likeness (QED) is 0.855. The summed E-state index contributed by atoms with van der Waals surface area (Å²) in [6.45, 7) is 1.94. The molecule has 3 N–H and O–H groups in total. The number of rotatable bonds is 4. The Balaban J connectivity index is 2.14. The number of primary sulfonamides is 1. The van der Waals surface area contributed by atoms with E-state index < -0.39 is 10.0 Å². The first kappa shape index (κ1) is 13.5. The van der Waals surface area contributed by atoms with Crippen LogP contribution in [0.15, 0.2) is 35.5 Å². The molecule has 0 bridgehead atoms. The van der Waals surface area contributed by atoms with E-state index in [9.17, 15) is 8.42 Å². The van der Waals surface area contributed by atoms with E-state index in [0.29, 0.717) is 0 Å². The van der Waals surface area contributed by atoms with Gasteiger partial charge in [0.1, 0.15) is 6.33 Å². The molecule has 8 heteroatoms. The third-order valence-corrected chi connectivity index (χ3v) is 3.63. The van der Waals surface area contributed by atoms with Crippen LogP contribution in [0.3, 0.4) is 0 Å². The largest absolute Gasteiger partial charge is 0.375 e. The minimum absolute atomic E-state index is 0.0483. The molecule has 0 aliphatic heterocycles. The Morgan fingerprint density at radius 2 is 1.95 bits per heavy atom. The van der Waals surface area contributed by atoms with Crippen molar-refractivity contribution in [2.24, 2.45) is 12.2 Å². The molecule has 19 heavy (non-hydrogen) atoms. The highest BCUT2D eigenvalue weighted by Crippen LogP contribution is 2.18. The number of hydrogen-bond acceptors (Lipinski definition) is 5. The molecule has 0 spiro atoms. The third-order valence-electron chi connectivity index (χ3n) is 2.70. The van der Waals surface area contributed by atoms with Crippen LogP contribution in [-0.4, -0.2) is 23.2 Å². The summed E-state index contributed by atoms with van der Waals surface area (Å²) in [6.07, 6.45) is 1.62. The van der Waals surface area contributed by atoms with Crippen LogP contribution in [-0.2, 0) is 17.1 Å². The highest BCUT2D eigenvalue weighted by molar-refractivity contribution is 7.89. The Hall–Kier alpha value is -1.93. The number of aromatic nitrogens is 3. The molecule has 7 nitrogen and oxygen atoms in total. The summed E-state index contributed by atoms with van der Waals surface area (Å²) in [5.41, 5.74) is 0.780. The van der Waals surface area contributed by atoms with Crippen molar-refractivity contribution in [3.8, 4) is 0 Å². The van der Waals surface area contributed by atoms with Gasteiger partial charge < -0.3 is 9.88 Å². The zero-order valence-corrected chi connectivity index (χ0v) is 11.4. The highest BCUT2D eigenvalue weighted by atomic mass is 32.2. The van der Waals surface area contributed by atoms with Crippen LogP contribution in [0, 0.1) is 0 Å². The van der Waals surface area contributed by atoms with E-state index in [0.717, 1.165) is 11.5 Å². The Kier molecular flexibility index (Phi) is 3.54. The van der Waals surface area contributed by atoms with Crippen molar-refractivity contribution in [1.29, 1.82) is 0 Å². The maximum absolute atomic E-state index is 11.1. The van der Waals surface area contributed by atoms with Crippen LogP contribution in [0.4, 0.5) is 5.69 Å². The number of aryl methyl sites for hydroxylation is 1. The topological polar surface area (TPSA) is 103 Å². The van der Waals surface area contributed by atoms with E-state index >= 15 is 0 Å². The van der Waals surface area contributed by atoms with Crippen molar-refractivity contribution in [2.45, 2.75) is 17.9 Å². The molecular formula is C11H15N5O2S. The molecule has 0 fully saturated rings. The SMILES string of the molecule is CC(Nc1ccc(S(N)(=O)=O)cc1)c1nncn1C. The van der Waals surface area contributed by atoms with E-state index in [-0.39, 0.29) is 10.9 Å². The standard InChI is InChI=1S/C11H15N5O2S/c1-8(11-15-13-7-16(11)2)14-9-3-5-10(6-4-9)19(12,17)18/h3-8,14H,1-2H3,(H2,12,17,18). The van der Waals surface area contributed by atoms with Crippen LogP contribution in [0.1, 0.15) is 18.8 Å². The molecule has 1 heterocycles. The van der Waals surface area contributed by atoms with E-state index in [1.807, 2.05) is 18.5 Å². The summed E-state index contributed by atoms with van der Waals surface area (Å²) < 4.78 is 24.1. The molecule has 0 radical (unpaired) electrons. The van der Waals surface area contributed by atoms with Crippen molar-refractivity contribution in [2.75, 3.05) is 5.32 Å². The Labute approximate surface area is 111 Å². The minimum atomic E-state index is -3.65. The predicted octanol–water partition coefficient (Wildman–Crippen LogP) is 0.636. The molecule has 0 amide bonds. The van der Waals surface area contributed by atoms with Gasteiger partial charge in [-0.1, -0.05) is 0 Å². The lowest BCUT2D eigenvalue weighted by Crippen LogP contribution is -2.13. The maximum Gasteiger partial charge on any atom is 0.238 e. The van der Waals surface area contributed by atoms with E-state index in [4.69, 9.17) is 5.14 Å². The second kappa shape index (κ2) is 4.98. The average molecular weight is 281 g/mol. The summed E-state index contributed by atoms with van der Waals surface area (Å²) in [4.78, 5) is 0.0874. The number of anilines is 1. The molecule has 2 aromatic rings. The summed E-state index contributed by atoms with van der Waals surface area (Å²) in [6, 6.07) is 6.19. The van der Waals surface area contributed by atoms with Crippen molar-refractivity contribution in [3.05, 3.63) is 36.4 Å². The van der Waals surface area contributed by atoms with Gasteiger partial charge in [0.05, 0.1) is 10.9 Å². The van der Waals surface area contributed by atoms with Crippen LogP contribution < -0.4 is 10.5 Å². The zero-order chi connectivity index (χ0) is 14.0. The molecule has 0 saturated heterocycles. The maximum atomic E-state index is 11.1. The molecule has 1 atom stereocenters. The van der Waals surface area contributed by atoms with Crippen molar-refractivity contribution < 1.29 is 8.42 Å². The van der Waals surface area contributed by atoms with Crippen LogP contribution in [0.5, 0.6) is 0 Å². The number of nitrogens with one attached hydrogen (secondary N) is 1. The fourth-order valence-corrected chi connectivity index (χ4v) is 2.26. The van der Waals surface area contributed by atoms with E-state index in [1.165, 1.54) is 12.1 Å². The lowest BCUT2D eigenvalue weighted by Gasteiger charge is -2.14. The van der Waals surface area contributed by atoms with Crippen molar-refractivity contribution in [3.63, 3.8) is 0 Å². The molecular weight excluding hydrogens is 266 g/mol. The van der Waals surface area contributed by atoms with Gasteiger partial charge in [0.2, 0.25) is 10.0 Å². The lowest BCUT2D eigenvalue weighted by molar-refractivity contribution is 0.598. The lowest BCUT2D eigenvalue weighted by atomic mass is 10.2. The predicted molar refractivity (Wildman–Crippen MR) is 70.9 cm³/mol. The smallest absolute Gasteiger partial charge is 0.238 e. The van der Waals surface area contributed by atoms with Gasteiger partial charge in [-0.15, -0.1) is 10.2 Å². The Morgan fingerprint density at radius 3 is 2.42 bits per heavy atom. The summed E-state index contributed by atoms with van der Waals surface area (Å²) in [5, 5.41) is 16.1. The first-order valence-electron chi connectivity index (χ1n) is 5.61. The van der Waals surface area contributed by atoms with E-state index in [2.05, 4.69) is 15.5 Å². The van der Waals surface area contributed by atoms with Gasteiger partial charge in [0.15, 0.2) is 5.82 Å². The second-order valence-corrected chi connectivity index (χ2v) is 5.80. The fraction of sp³-hybridized carbons (Fsp3) is 0.273. The van der Waals surface area contributed by atoms with Crippen molar-refractivity contribution in [1.82, 2.24) is 14.8 Å². The van der Waals surface area contributed by atoms with E-state index in [1.54, 1.807) is 18.5 Å². The highest BCUT2D eigenvalue weighted by Gasteiger charge is 2.12. The van der Waals surface area contributed by atoms with Gasteiger partial charge in [-0.3, -0.25) is 0 Å². The monoisotopic (exact) mass is 281 g/mol. The van der Waals surface area contributed by atoms with Crippen LogP contribution in [0.2, 0.25) is 0 Å². The summed E-state index contributed by atoms with van der Waals surface area (Å²) in [7, 11) is -1.79. The molecule has 102 valence electrons. The second-order valence-electron chi connectivity index (χ2n) is 4.24. The van der Waals surface area contributed by atoms with Crippen LogP contribution in [0.25, 0.3) is 0 Å². The van der Waals surface area contributed by atoms with Gasteiger partial charge in [-0.25, -0.2) is 13.6 Å². The zero-order valence-electron chi connectivity index (χ0n) is 10.6. The summed E-state index contributed by atoms with van der Waals surface area (Å²) >= 11 is 0. The molecule has 0 aliphatic rings. The van der Waals surface area contributed by atoms with Crippen molar-refractivity contribution >= 4 is 15.7 Å². The molecule has 0 aliphatic carbocycles. The van der Waals surface area contributed by atoms with Gasteiger partial charge in [0, 0.05) is 12.7 Å². The number of benzene rings is 1. The normalized spacial score (nSPS) is 13.2. The number of nitrogens with two attached hydrogens (primary N) is 1. The first-order valence-corrected chi connectivity index (χ1v) is 7.16. The molecule has 1 unspecified atom stereocenters. The fourth-order valence-electron chi connectivity index (χ4n) is 1.74. The van der Waals surface area contributed by atoms with Gasteiger partial charge in [-0.2, -0.15) is 0 Å². The van der Waals surface area contributed by atoms with Gasteiger partial charge in [0.25, 0.3) is 0 Å². The minimum Gasteiger partial charge on any atom is -0.375 e. The Morgan fingerprint density at radius 1 is 1.32 bits per heavy atom. The number of sulfonamides is 1. The van der Waals surface area contributed by atoms with Gasteiger partial charge in [-0.05, 0) is 31.2 Å². The number of hydrogen-bond donors (Lipinski definition) is 2. The molecule has 1 aromatic carbocycles. The summed E-state index contributed by atoms with van der Waals surface area (Å²) in [5.74, 6) is 0.788. The third kappa shape index (κ3) is 3.09. The molecule has 2 rings (SSSR count). The first-order chi connectivity index (χ1) is 8.88. The van der Waals surface area contributed by atoms with Crippen LogP contribution >= 0.6 is 0 Å². The number of nitrogens with zero attached hydrogens (tertiary/aromatic N) is 3. The average Bonchev–Trinajstić information content (AvgIpc) is 2.75.